The zero-order valence-electron chi connectivity index (χ0n) is 12.4. The van der Waals surface area contributed by atoms with Crippen LogP contribution in [0, 0.1) is 23.4 Å². The van der Waals surface area contributed by atoms with Crippen LogP contribution >= 0.6 is 0 Å². The van der Waals surface area contributed by atoms with Gasteiger partial charge in [-0.05, 0) is 29.8 Å². The summed E-state index contributed by atoms with van der Waals surface area (Å²) in [4.78, 5) is 25.4. The Morgan fingerprint density at radius 2 is 1.75 bits per heavy atom. The van der Waals surface area contributed by atoms with Crippen molar-refractivity contribution in [2.24, 2.45) is 11.7 Å². The van der Waals surface area contributed by atoms with Gasteiger partial charge in [0.1, 0.15) is 11.7 Å². The molecule has 2 N–H and O–H groups in total. The fourth-order valence-electron chi connectivity index (χ4n) is 2.98. The van der Waals surface area contributed by atoms with E-state index in [1.807, 2.05) is 0 Å². The molecule has 124 valence electrons. The minimum Gasteiger partial charge on any atom is -0.369 e. The maximum absolute atomic E-state index is 14.0. The standard InChI is InChI=1S/C17H13F3N2O2/c18-11-6-5-9(7-13(11)20)10-8-22(17(24)15(10)16(21)23)14-4-2-1-3-12(14)19/h1-7,10,15H,8H2,(H2,21,23). The summed E-state index contributed by atoms with van der Waals surface area (Å²) < 4.78 is 40.6. The summed E-state index contributed by atoms with van der Waals surface area (Å²) in [5, 5.41) is 0. The Kier molecular flexibility index (Phi) is 4.01. The molecule has 2 aromatic carbocycles. The van der Waals surface area contributed by atoms with Crippen LogP contribution in [0.5, 0.6) is 0 Å². The highest BCUT2D eigenvalue weighted by Gasteiger charge is 2.46. The fraction of sp³-hybridized carbons (Fsp3) is 0.176. The second-order valence-electron chi connectivity index (χ2n) is 5.56. The lowest BCUT2D eigenvalue weighted by atomic mass is 9.88. The lowest BCUT2D eigenvalue weighted by molar-refractivity contribution is -0.130. The second-order valence-corrected chi connectivity index (χ2v) is 5.56. The molecule has 24 heavy (non-hydrogen) atoms. The molecule has 2 unspecified atom stereocenters. The molecule has 0 saturated carbocycles. The number of anilines is 1. The largest absolute Gasteiger partial charge is 0.369 e. The van der Waals surface area contributed by atoms with Crippen molar-refractivity contribution in [2.45, 2.75) is 5.92 Å². The van der Waals surface area contributed by atoms with Gasteiger partial charge in [-0.15, -0.1) is 0 Å². The van der Waals surface area contributed by atoms with Crippen molar-refractivity contribution >= 4 is 17.5 Å². The lowest BCUT2D eigenvalue weighted by Crippen LogP contribution is -2.34. The first-order chi connectivity index (χ1) is 11.4. The van der Waals surface area contributed by atoms with E-state index in [1.54, 1.807) is 6.07 Å². The maximum Gasteiger partial charge on any atom is 0.240 e. The molecule has 4 nitrogen and oxygen atoms in total. The highest BCUT2D eigenvalue weighted by molar-refractivity contribution is 6.10. The van der Waals surface area contributed by atoms with Crippen LogP contribution in [0.1, 0.15) is 11.5 Å². The number of hydrogen-bond acceptors (Lipinski definition) is 2. The summed E-state index contributed by atoms with van der Waals surface area (Å²) in [7, 11) is 0. The van der Waals surface area contributed by atoms with Gasteiger partial charge in [0.25, 0.3) is 0 Å². The van der Waals surface area contributed by atoms with E-state index in [0.717, 1.165) is 17.0 Å². The fourth-order valence-corrected chi connectivity index (χ4v) is 2.98. The molecule has 2 aromatic rings. The van der Waals surface area contributed by atoms with Gasteiger partial charge in [0.15, 0.2) is 11.6 Å². The third-order valence-electron chi connectivity index (χ3n) is 4.14. The lowest BCUT2D eigenvalue weighted by Gasteiger charge is -2.17. The van der Waals surface area contributed by atoms with E-state index in [4.69, 9.17) is 5.73 Å². The number of benzene rings is 2. The number of carbonyl (C=O) groups excluding carboxylic acids is 2. The number of halogens is 3. The molecule has 1 aliphatic rings. The Morgan fingerprint density at radius 1 is 1.04 bits per heavy atom. The van der Waals surface area contributed by atoms with Gasteiger partial charge in [0, 0.05) is 12.5 Å². The molecule has 1 heterocycles. The third-order valence-corrected chi connectivity index (χ3v) is 4.14. The molecule has 3 rings (SSSR count). The quantitative estimate of drug-likeness (QED) is 0.876. The van der Waals surface area contributed by atoms with Crippen molar-refractivity contribution in [3.8, 4) is 0 Å². The summed E-state index contributed by atoms with van der Waals surface area (Å²) in [6.45, 7) is -0.0571. The van der Waals surface area contributed by atoms with Gasteiger partial charge >= 0.3 is 0 Å². The number of amides is 2. The van der Waals surface area contributed by atoms with Crippen molar-refractivity contribution in [3.63, 3.8) is 0 Å². The van der Waals surface area contributed by atoms with Gasteiger partial charge in [0.2, 0.25) is 11.8 Å². The second kappa shape index (κ2) is 5.99. The van der Waals surface area contributed by atoms with Gasteiger partial charge < -0.3 is 10.6 Å². The summed E-state index contributed by atoms with van der Waals surface area (Å²) in [6, 6.07) is 8.74. The predicted molar refractivity (Wildman–Crippen MR) is 80.5 cm³/mol. The molecular weight excluding hydrogens is 321 g/mol. The molecule has 7 heteroatoms. The van der Waals surface area contributed by atoms with E-state index in [-0.39, 0.29) is 17.8 Å². The first-order valence-corrected chi connectivity index (χ1v) is 7.20. The zero-order valence-corrected chi connectivity index (χ0v) is 12.4. The van der Waals surface area contributed by atoms with Gasteiger partial charge in [0.05, 0.1) is 5.69 Å². The highest BCUT2D eigenvalue weighted by atomic mass is 19.2. The molecule has 1 fully saturated rings. The minimum atomic E-state index is -1.27. The first-order valence-electron chi connectivity index (χ1n) is 7.20. The van der Waals surface area contributed by atoms with Crippen LogP contribution in [0.2, 0.25) is 0 Å². The predicted octanol–water partition coefficient (Wildman–Crippen LogP) is 2.34. The molecule has 0 spiro atoms. The summed E-state index contributed by atoms with van der Waals surface area (Å²) >= 11 is 0. The molecule has 0 radical (unpaired) electrons. The third kappa shape index (κ3) is 2.62. The molecule has 0 aromatic heterocycles. The number of nitrogens with zero attached hydrogens (tertiary/aromatic N) is 1. The number of primary amides is 1. The maximum atomic E-state index is 14.0. The van der Waals surface area contributed by atoms with Crippen molar-refractivity contribution in [1.82, 2.24) is 0 Å². The van der Waals surface area contributed by atoms with Crippen LogP contribution < -0.4 is 10.6 Å². The highest BCUT2D eigenvalue weighted by Crippen LogP contribution is 2.37. The minimum absolute atomic E-state index is 0.0128. The topological polar surface area (TPSA) is 63.4 Å². The van der Waals surface area contributed by atoms with E-state index < -0.39 is 41.1 Å². The molecular formula is C17H13F3N2O2. The Bertz CT molecular complexity index is 825. The van der Waals surface area contributed by atoms with E-state index in [1.165, 1.54) is 24.3 Å². The molecule has 0 bridgehead atoms. The van der Waals surface area contributed by atoms with Crippen LogP contribution in [-0.4, -0.2) is 18.4 Å². The van der Waals surface area contributed by atoms with E-state index in [0.29, 0.717) is 0 Å². The summed E-state index contributed by atoms with van der Waals surface area (Å²) in [5.41, 5.74) is 5.58. The van der Waals surface area contributed by atoms with E-state index in [9.17, 15) is 22.8 Å². The number of hydrogen-bond donors (Lipinski definition) is 1. The average Bonchev–Trinajstić information content (AvgIpc) is 2.88. The van der Waals surface area contributed by atoms with Crippen molar-refractivity contribution in [3.05, 3.63) is 65.5 Å². The van der Waals surface area contributed by atoms with Crippen molar-refractivity contribution in [1.29, 1.82) is 0 Å². The van der Waals surface area contributed by atoms with Gasteiger partial charge in [-0.25, -0.2) is 13.2 Å². The Morgan fingerprint density at radius 3 is 2.38 bits per heavy atom. The molecule has 0 aliphatic carbocycles. The van der Waals surface area contributed by atoms with Crippen LogP contribution in [0.4, 0.5) is 18.9 Å². The Balaban J connectivity index is 2.03. The smallest absolute Gasteiger partial charge is 0.240 e. The number of rotatable bonds is 3. The first kappa shape index (κ1) is 16.0. The van der Waals surface area contributed by atoms with Gasteiger partial charge in [-0.2, -0.15) is 0 Å². The molecule has 2 atom stereocenters. The van der Waals surface area contributed by atoms with Crippen LogP contribution in [0.15, 0.2) is 42.5 Å². The summed E-state index contributed by atoms with van der Waals surface area (Å²) in [5.74, 6) is -6.37. The molecule has 2 amide bonds. The SMILES string of the molecule is NC(=O)C1C(=O)N(c2ccccc2F)CC1c1ccc(F)c(F)c1. The van der Waals surface area contributed by atoms with Crippen molar-refractivity contribution in [2.75, 3.05) is 11.4 Å². The number of nitrogens with two attached hydrogens (primary N) is 1. The zero-order chi connectivity index (χ0) is 17.4. The van der Waals surface area contributed by atoms with Crippen LogP contribution in [-0.2, 0) is 9.59 Å². The molecule has 1 saturated heterocycles. The Labute approximate surface area is 135 Å². The monoisotopic (exact) mass is 334 g/mol. The normalized spacial score (nSPS) is 20.5. The van der Waals surface area contributed by atoms with Crippen LogP contribution in [0.3, 0.4) is 0 Å². The average molecular weight is 334 g/mol. The van der Waals surface area contributed by atoms with E-state index >= 15 is 0 Å². The molecule has 1 aliphatic heterocycles. The van der Waals surface area contributed by atoms with Gasteiger partial charge in [-0.1, -0.05) is 18.2 Å². The summed E-state index contributed by atoms with van der Waals surface area (Å²) in [6.07, 6.45) is 0. The van der Waals surface area contributed by atoms with E-state index in [2.05, 4.69) is 0 Å². The Hall–Kier alpha value is -2.83. The number of para-hydroxylation sites is 1. The van der Waals surface area contributed by atoms with Crippen molar-refractivity contribution < 1.29 is 22.8 Å². The van der Waals surface area contributed by atoms with Gasteiger partial charge in [-0.3, -0.25) is 9.59 Å². The van der Waals surface area contributed by atoms with Crippen LogP contribution in [0.25, 0.3) is 0 Å². The number of carbonyl (C=O) groups is 2.